The number of rotatable bonds is 7. The van der Waals surface area contributed by atoms with Crippen molar-refractivity contribution < 1.29 is 9.15 Å². The molecule has 3 heteroatoms. The van der Waals surface area contributed by atoms with Crippen LogP contribution < -0.4 is 10.1 Å². The van der Waals surface area contributed by atoms with E-state index in [1.807, 2.05) is 38.1 Å². The number of hydrogen-bond donors (Lipinski definition) is 1. The van der Waals surface area contributed by atoms with Crippen LogP contribution in [0.5, 0.6) is 5.75 Å². The molecule has 0 aliphatic rings. The number of furan rings is 1. The molecule has 0 amide bonds. The van der Waals surface area contributed by atoms with Crippen molar-refractivity contribution in [2.24, 2.45) is 5.92 Å². The molecule has 0 saturated carbocycles. The SMILES string of the molecule is CC(C)Oc1ccc([C@H](NCc2ccco2)C(C)C)cc1. The smallest absolute Gasteiger partial charge is 0.119 e. The molecule has 114 valence electrons. The van der Waals surface area contributed by atoms with E-state index in [1.165, 1.54) is 5.56 Å². The van der Waals surface area contributed by atoms with Gasteiger partial charge in [-0.1, -0.05) is 26.0 Å². The van der Waals surface area contributed by atoms with Gasteiger partial charge in [0.15, 0.2) is 0 Å². The fourth-order valence-corrected chi connectivity index (χ4v) is 2.39. The molecule has 2 rings (SSSR count). The quantitative estimate of drug-likeness (QED) is 0.811. The molecule has 3 nitrogen and oxygen atoms in total. The first-order chi connectivity index (χ1) is 10.1. The molecule has 1 aromatic heterocycles. The van der Waals surface area contributed by atoms with Gasteiger partial charge in [0, 0.05) is 6.04 Å². The first kappa shape index (κ1) is 15.6. The van der Waals surface area contributed by atoms with Crippen LogP contribution in [0, 0.1) is 5.92 Å². The van der Waals surface area contributed by atoms with E-state index in [9.17, 15) is 0 Å². The number of ether oxygens (including phenoxy) is 1. The van der Waals surface area contributed by atoms with Gasteiger partial charge in [-0.2, -0.15) is 0 Å². The third-order valence-electron chi connectivity index (χ3n) is 3.35. The van der Waals surface area contributed by atoms with Crippen LogP contribution in [0.3, 0.4) is 0 Å². The number of nitrogens with one attached hydrogen (secondary N) is 1. The van der Waals surface area contributed by atoms with Crippen LogP contribution in [0.25, 0.3) is 0 Å². The Hall–Kier alpha value is -1.74. The molecule has 1 heterocycles. The summed E-state index contributed by atoms with van der Waals surface area (Å²) in [7, 11) is 0. The molecule has 1 aromatic carbocycles. The maximum atomic E-state index is 5.69. The second-order valence-electron chi connectivity index (χ2n) is 5.92. The van der Waals surface area contributed by atoms with Gasteiger partial charge in [-0.15, -0.1) is 0 Å². The average Bonchev–Trinajstić information content (AvgIpc) is 2.93. The summed E-state index contributed by atoms with van der Waals surface area (Å²) in [6, 6.07) is 12.6. The highest BCUT2D eigenvalue weighted by molar-refractivity contribution is 5.29. The Kier molecular flexibility index (Phi) is 5.45. The van der Waals surface area contributed by atoms with Gasteiger partial charge < -0.3 is 14.5 Å². The highest BCUT2D eigenvalue weighted by Crippen LogP contribution is 2.24. The van der Waals surface area contributed by atoms with Gasteiger partial charge in [0.05, 0.1) is 18.9 Å². The standard InChI is InChI=1S/C18H25NO2/c1-13(2)18(19-12-17-6-5-11-20-17)15-7-9-16(10-8-15)21-14(3)4/h5-11,13-14,18-19H,12H2,1-4H3/t18-/m1/s1. The Labute approximate surface area is 127 Å². The largest absolute Gasteiger partial charge is 0.491 e. The Morgan fingerprint density at radius 1 is 1.05 bits per heavy atom. The summed E-state index contributed by atoms with van der Waals surface area (Å²) in [6.45, 7) is 9.25. The minimum atomic E-state index is 0.203. The molecule has 0 spiro atoms. The molecule has 0 radical (unpaired) electrons. The topological polar surface area (TPSA) is 34.4 Å². The second kappa shape index (κ2) is 7.32. The van der Waals surface area contributed by atoms with Crippen LogP contribution in [0.4, 0.5) is 0 Å². The van der Waals surface area contributed by atoms with Gasteiger partial charge in [-0.25, -0.2) is 0 Å². The fraction of sp³-hybridized carbons (Fsp3) is 0.444. The molecule has 0 fully saturated rings. The monoisotopic (exact) mass is 287 g/mol. The summed E-state index contributed by atoms with van der Waals surface area (Å²) in [4.78, 5) is 0. The minimum absolute atomic E-state index is 0.203. The van der Waals surface area contributed by atoms with Crippen molar-refractivity contribution in [2.75, 3.05) is 0 Å². The van der Waals surface area contributed by atoms with Gasteiger partial charge in [0.25, 0.3) is 0 Å². The Morgan fingerprint density at radius 2 is 1.76 bits per heavy atom. The maximum Gasteiger partial charge on any atom is 0.119 e. The van der Waals surface area contributed by atoms with E-state index in [0.717, 1.165) is 18.1 Å². The molecule has 1 atom stereocenters. The van der Waals surface area contributed by atoms with Gasteiger partial charge in [-0.05, 0) is 49.6 Å². The van der Waals surface area contributed by atoms with Gasteiger partial charge in [-0.3, -0.25) is 0 Å². The lowest BCUT2D eigenvalue weighted by molar-refractivity contribution is 0.242. The van der Waals surface area contributed by atoms with Crippen molar-refractivity contribution >= 4 is 0 Å². The predicted molar refractivity (Wildman–Crippen MR) is 85.3 cm³/mol. The Balaban J connectivity index is 2.03. The zero-order valence-electron chi connectivity index (χ0n) is 13.3. The van der Waals surface area contributed by atoms with Gasteiger partial charge >= 0.3 is 0 Å². The molecular weight excluding hydrogens is 262 g/mol. The van der Waals surface area contributed by atoms with Crippen molar-refractivity contribution in [2.45, 2.75) is 46.4 Å². The molecular formula is C18H25NO2. The van der Waals surface area contributed by atoms with E-state index in [2.05, 4.69) is 31.3 Å². The van der Waals surface area contributed by atoms with E-state index in [0.29, 0.717) is 12.0 Å². The number of benzene rings is 1. The fourth-order valence-electron chi connectivity index (χ4n) is 2.39. The third kappa shape index (κ3) is 4.64. The molecule has 21 heavy (non-hydrogen) atoms. The van der Waals surface area contributed by atoms with E-state index >= 15 is 0 Å². The second-order valence-corrected chi connectivity index (χ2v) is 5.92. The highest BCUT2D eigenvalue weighted by atomic mass is 16.5. The molecule has 0 aliphatic heterocycles. The van der Waals surface area contributed by atoms with Crippen LogP contribution >= 0.6 is 0 Å². The summed E-state index contributed by atoms with van der Waals surface area (Å²) >= 11 is 0. The molecule has 0 unspecified atom stereocenters. The number of hydrogen-bond acceptors (Lipinski definition) is 3. The van der Waals surface area contributed by atoms with E-state index in [-0.39, 0.29) is 6.10 Å². The van der Waals surface area contributed by atoms with Crippen molar-refractivity contribution in [1.29, 1.82) is 0 Å². The zero-order chi connectivity index (χ0) is 15.2. The van der Waals surface area contributed by atoms with Crippen LogP contribution in [0.15, 0.2) is 47.1 Å². The van der Waals surface area contributed by atoms with Crippen molar-refractivity contribution in [3.63, 3.8) is 0 Å². The van der Waals surface area contributed by atoms with Crippen molar-refractivity contribution in [3.8, 4) is 5.75 Å². The third-order valence-corrected chi connectivity index (χ3v) is 3.35. The summed E-state index contributed by atoms with van der Waals surface area (Å²) < 4.78 is 11.1. The lowest BCUT2D eigenvalue weighted by atomic mass is 9.96. The van der Waals surface area contributed by atoms with Crippen LogP contribution in [-0.4, -0.2) is 6.10 Å². The van der Waals surface area contributed by atoms with Crippen LogP contribution in [0.1, 0.15) is 45.1 Å². The Bertz CT molecular complexity index is 515. The van der Waals surface area contributed by atoms with Crippen LogP contribution in [-0.2, 0) is 6.54 Å². The van der Waals surface area contributed by atoms with Gasteiger partial charge in [0.2, 0.25) is 0 Å². The van der Waals surface area contributed by atoms with E-state index in [4.69, 9.17) is 9.15 Å². The lowest BCUT2D eigenvalue weighted by Gasteiger charge is -2.23. The summed E-state index contributed by atoms with van der Waals surface area (Å²) in [6.07, 6.45) is 1.91. The van der Waals surface area contributed by atoms with E-state index < -0.39 is 0 Å². The molecule has 1 N–H and O–H groups in total. The molecule has 0 aliphatic carbocycles. The average molecular weight is 287 g/mol. The summed E-state index contributed by atoms with van der Waals surface area (Å²) in [5, 5.41) is 3.56. The van der Waals surface area contributed by atoms with Crippen LogP contribution in [0.2, 0.25) is 0 Å². The maximum absolute atomic E-state index is 5.69. The van der Waals surface area contributed by atoms with Crippen molar-refractivity contribution in [1.82, 2.24) is 5.32 Å². The molecule has 0 bridgehead atoms. The highest BCUT2D eigenvalue weighted by Gasteiger charge is 2.15. The first-order valence-corrected chi connectivity index (χ1v) is 7.58. The molecule has 2 aromatic rings. The summed E-state index contributed by atoms with van der Waals surface area (Å²) in [5.74, 6) is 2.37. The predicted octanol–water partition coefficient (Wildman–Crippen LogP) is 4.55. The van der Waals surface area contributed by atoms with Gasteiger partial charge in [0.1, 0.15) is 11.5 Å². The lowest BCUT2D eigenvalue weighted by Crippen LogP contribution is -2.25. The normalized spacial score (nSPS) is 12.9. The summed E-state index contributed by atoms with van der Waals surface area (Å²) in [5.41, 5.74) is 1.27. The van der Waals surface area contributed by atoms with Crippen molar-refractivity contribution in [3.05, 3.63) is 54.0 Å². The Morgan fingerprint density at radius 3 is 2.29 bits per heavy atom. The minimum Gasteiger partial charge on any atom is -0.491 e. The first-order valence-electron chi connectivity index (χ1n) is 7.58. The van der Waals surface area contributed by atoms with E-state index in [1.54, 1.807) is 6.26 Å². The molecule has 0 saturated heterocycles. The zero-order valence-corrected chi connectivity index (χ0v) is 13.3.